The Labute approximate surface area is 207 Å². The molecule has 6 nitrogen and oxygen atoms in total. The lowest BCUT2D eigenvalue weighted by molar-refractivity contribution is 0.0177. The summed E-state index contributed by atoms with van der Waals surface area (Å²) in [5.41, 5.74) is 2.38. The summed E-state index contributed by atoms with van der Waals surface area (Å²) in [4.78, 5) is 8.68. The highest BCUT2D eigenvalue weighted by Gasteiger charge is 2.23. The molecule has 0 radical (unpaired) electrons. The number of benzene rings is 1. The lowest BCUT2D eigenvalue weighted by Gasteiger charge is -2.34. The smallest absolute Gasteiger partial charge is 0.191 e. The molecule has 0 saturated carbocycles. The van der Waals surface area contributed by atoms with Crippen LogP contribution in [0.5, 0.6) is 0 Å². The number of aliphatic imine (C=N–C) groups is 1. The average molecular weight is 559 g/mol. The minimum atomic E-state index is 0. The van der Waals surface area contributed by atoms with Gasteiger partial charge in [-0.15, -0.1) is 35.3 Å². The number of halogens is 1. The van der Waals surface area contributed by atoms with Crippen molar-refractivity contribution in [1.82, 2.24) is 15.5 Å². The number of nitrogens with one attached hydrogen (secondary N) is 2. The van der Waals surface area contributed by atoms with E-state index in [0.29, 0.717) is 19.2 Å². The fraction of sp³-hybridized carbons (Fsp3) is 0.522. The molecule has 1 aromatic carbocycles. The number of nitrogens with zero attached hydrogens (tertiary/aromatic N) is 2. The molecule has 1 aliphatic heterocycles. The maximum Gasteiger partial charge on any atom is 0.191 e. The Morgan fingerprint density at radius 2 is 1.87 bits per heavy atom. The van der Waals surface area contributed by atoms with Gasteiger partial charge in [0.15, 0.2) is 5.96 Å². The Morgan fingerprint density at radius 1 is 1.13 bits per heavy atom. The van der Waals surface area contributed by atoms with Gasteiger partial charge >= 0.3 is 0 Å². The van der Waals surface area contributed by atoms with Gasteiger partial charge in [0.05, 0.1) is 32.4 Å². The highest BCUT2D eigenvalue weighted by atomic mass is 127. The predicted octanol–water partition coefficient (Wildman–Crippen LogP) is 4.03. The van der Waals surface area contributed by atoms with Crippen molar-refractivity contribution in [2.24, 2.45) is 4.99 Å². The maximum absolute atomic E-state index is 5.55. The molecule has 1 saturated heterocycles. The molecule has 0 amide bonds. The Bertz CT molecular complexity index is 749. The van der Waals surface area contributed by atoms with Crippen molar-refractivity contribution in [3.05, 3.63) is 57.8 Å². The zero-order valence-corrected chi connectivity index (χ0v) is 21.7. The first-order valence-corrected chi connectivity index (χ1v) is 11.7. The summed E-state index contributed by atoms with van der Waals surface area (Å²) in [6, 6.07) is 13.2. The molecule has 172 valence electrons. The van der Waals surface area contributed by atoms with Gasteiger partial charge in [-0.05, 0) is 36.4 Å². The van der Waals surface area contributed by atoms with Crippen molar-refractivity contribution in [3.63, 3.8) is 0 Å². The van der Waals surface area contributed by atoms with Crippen molar-refractivity contribution in [3.8, 4) is 0 Å². The van der Waals surface area contributed by atoms with Crippen LogP contribution in [0.2, 0.25) is 0 Å². The third-order valence-electron chi connectivity index (χ3n) is 5.08. The van der Waals surface area contributed by atoms with E-state index < -0.39 is 0 Å². The number of hydrogen-bond donors (Lipinski definition) is 2. The Hall–Kier alpha value is -1.20. The molecule has 3 rings (SSSR count). The van der Waals surface area contributed by atoms with Crippen LogP contribution < -0.4 is 10.6 Å². The Morgan fingerprint density at radius 3 is 2.52 bits per heavy atom. The molecule has 0 aliphatic carbocycles. The highest BCUT2D eigenvalue weighted by molar-refractivity contribution is 14.0. The molecule has 1 aromatic heterocycles. The summed E-state index contributed by atoms with van der Waals surface area (Å²) in [6.07, 6.45) is 0. The van der Waals surface area contributed by atoms with E-state index in [0.717, 1.165) is 52.0 Å². The lowest BCUT2D eigenvalue weighted by atomic mass is 10.1. The average Bonchev–Trinajstić information content (AvgIpc) is 3.32. The van der Waals surface area contributed by atoms with Crippen LogP contribution >= 0.6 is 35.3 Å². The van der Waals surface area contributed by atoms with Gasteiger partial charge in [0.1, 0.15) is 0 Å². The van der Waals surface area contributed by atoms with E-state index in [9.17, 15) is 0 Å². The van der Waals surface area contributed by atoms with Gasteiger partial charge in [0.25, 0.3) is 0 Å². The molecular weight excluding hydrogens is 523 g/mol. The van der Waals surface area contributed by atoms with Gasteiger partial charge in [-0.3, -0.25) is 4.90 Å². The molecule has 1 fully saturated rings. The molecule has 8 heteroatoms. The van der Waals surface area contributed by atoms with Crippen LogP contribution in [0.15, 0.2) is 46.8 Å². The number of guanidine groups is 1. The summed E-state index contributed by atoms with van der Waals surface area (Å²) >= 11 is 1.81. The van der Waals surface area contributed by atoms with Crippen molar-refractivity contribution < 1.29 is 9.47 Å². The van der Waals surface area contributed by atoms with E-state index in [4.69, 9.17) is 14.5 Å². The normalized spacial score (nSPS) is 15.9. The topological polar surface area (TPSA) is 58.1 Å². The zero-order chi connectivity index (χ0) is 21.0. The third-order valence-corrected chi connectivity index (χ3v) is 6.05. The van der Waals surface area contributed by atoms with Crippen molar-refractivity contribution in [2.75, 3.05) is 46.0 Å². The Kier molecular flexibility index (Phi) is 12.4. The number of hydrogen-bond acceptors (Lipinski definition) is 5. The second-order valence-electron chi connectivity index (χ2n) is 7.21. The molecular formula is C23H35IN4O2S. The zero-order valence-electron chi connectivity index (χ0n) is 18.5. The fourth-order valence-corrected chi connectivity index (χ4v) is 4.31. The first-order chi connectivity index (χ1) is 14.8. The van der Waals surface area contributed by atoms with Gasteiger partial charge < -0.3 is 20.1 Å². The molecule has 0 bridgehead atoms. The van der Waals surface area contributed by atoms with Gasteiger partial charge in [0.2, 0.25) is 0 Å². The van der Waals surface area contributed by atoms with Crippen LogP contribution in [0.3, 0.4) is 0 Å². The summed E-state index contributed by atoms with van der Waals surface area (Å²) in [7, 11) is 0. The van der Waals surface area contributed by atoms with E-state index >= 15 is 0 Å². The standard InChI is InChI=1S/C23H34N4O2S.HI/c1-3-24-23(25-16-19-7-9-20(10-8-19)18-28-4-2)26-17-21(22-6-5-15-30-22)27-11-13-29-14-12-27;/h5-10,15,21H,3-4,11-14,16-18H2,1-2H3,(H2,24,25,26);1H. The van der Waals surface area contributed by atoms with E-state index in [1.807, 2.05) is 18.3 Å². The molecule has 0 spiro atoms. The monoisotopic (exact) mass is 558 g/mol. The molecule has 2 N–H and O–H groups in total. The van der Waals surface area contributed by atoms with Crippen molar-refractivity contribution in [2.45, 2.75) is 33.0 Å². The van der Waals surface area contributed by atoms with Gasteiger partial charge in [0, 0.05) is 37.7 Å². The number of ether oxygens (including phenoxy) is 2. The van der Waals surface area contributed by atoms with E-state index in [1.54, 1.807) is 0 Å². The molecule has 2 heterocycles. The second-order valence-corrected chi connectivity index (χ2v) is 8.19. The molecule has 1 aliphatic rings. The first-order valence-electron chi connectivity index (χ1n) is 10.8. The number of morpholine rings is 1. The maximum atomic E-state index is 5.55. The summed E-state index contributed by atoms with van der Waals surface area (Å²) in [6.45, 7) is 11.3. The van der Waals surface area contributed by atoms with Crippen LogP contribution in [0.25, 0.3) is 0 Å². The van der Waals surface area contributed by atoms with Crippen LogP contribution in [0, 0.1) is 0 Å². The van der Waals surface area contributed by atoms with E-state index in [-0.39, 0.29) is 24.0 Å². The van der Waals surface area contributed by atoms with Crippen molar-refractivity contribution >= 4 is 41.3 Å². The first kappa shape index (κ1) is 26.1. The molecule has 31 heavy (non-hydrogen) atoms. The molecule has 1 atom stereocenters. The largest absolute Gasteiger partial charge is 0.379 e. The van der Waals surface area contributed by atoms with Gasteiger partial charge in [-0.2, -0.15) is 0 Å². The number of rotatable bonds is 10. The highest BCUT2D eigenvalue weighted by Crippen LogP contribution is 2.25. The summed E-state index contributed by atoms with van der Waals surface area (Å²) in [5, 5.41) is 9.08. The van der Waals surface area contributed by atoms with Crippen molar-refractivity contribution in [1.29, 1.82) is 0 Å². The third kappa shape index (κ3) is 8.69. The van der Waals surface area contributed by atoms with E-state index in [1.165, 1.54) is 16.0 Å². The molecule has 1 unspecified atom stereocenters. The summed E-state index contributed by atoms with van der Waals surface area (Å²) in [5.74, 6) is 0.853. The van der Waals surface area contributed by atoms with Gasteiger partial charge in [-0.1, -0.05) is 30.3 Å². The predicted molar refractivity (Wildman–Crippen MR) is 139 cm³/mol. The summed E-state index contributed by atoms with van der Waals surface area (Å²) < 4.78 is 11.0. The van der Waals surface area contributed by atoms with Crippen LogP contribution in [-0.2, 0) is 22.6 Å². The quantitative estimate of drug-likeness (QED) is 0.262. The second kappa shape index (κ2) is 14.8. The van der Waals surface area contributed by atoms with Gasteiger partial charge in [-0.25, -0.2) is 4.99 Å². The van der Waals surface area contributed by atoms with E-state index in [2.05, 4.69) is 64.2 Å². The number of thiophene rings is 1. The lowest BCUT2D eigenvalue weighted by Crippen LogP contribution is -2.46. The minimum absolute atomic E-state index is 0. The van der Waals surface area contributed by atoms with Crippen LogP contribution in [-0.4, -0.2) is 56.9 Å². The minimum Gasteiger partial charge on any atom is -0.379 e. The fourth-order valence-electron chi connectivity index (χ4n) is 3.45. The Balaban J connectivity index is 0.00000341. The van der Waals surface area contributed by atoms with Crippen LogP contribution in [0.4, 0.5) is 0 Å². The van der Waals surface area contributed by atoms with Crippen LogP contribution in [0.1, 0.15) is 35.9 Å². The SMILES string of the molecule is CCNC(=NCc1ccc(COCC)cc1)NCC(c1cccs1)N1CCOCC1.I. The molecule has 2 aromatic rings.